The number of benzene rings is 2. The molecule has 3 aromatic rings. The minimum atomic E-state index is -0.460. The van der Waals surface area contributed by atoms with Crippen LogP contribution < -0.4 is 14.2 Å². The van der Waals surface area contributed by atoms with E-state index >= 15 is 0 Å². The fraction of sp³-hybridized carbons (Fsp3) is 0.316. The molecule has 0 unspecified atom stereocenters. The number of carbonyl (C=O) groups is 1. The highest BCUT2D eigenvalue weighted by atomic mass is 16.5. The lowest BCUT2D eigenvalue weighted by Gasteiger charge is -2.13. The Labute approximate surface area is 156 Å². The third-order valence-corrected chi connectivity index (χ3v) is 4.07. The van der Waals surface area contributed by atoms with Crippen molar-refractivity contribution in [2.24, 2.45) is 0 Å². The zero-order valence-electron chi connectivity index (χ0n) is 15.5. The second kappa shape index (κ2) is 8.39. The van der Waals surface area contributed by atoms with E-state index < -0.39 is 5.97 Å². The molecule has 3 rings (SSSR count). The van der Waals surface area contributed by atoms with Gasteiger partial charge in [-0.1, -0.05) is 17.3 Å². The Kier molecular flexibility index (Phi) is 5.75. The number of rotatable bonds is 8. The maximum absolute atomic E-state index is 12.3. The number of methoxy groups -OCH3 is 3. The average molecular weight is 371 g/mol. The second-order valence-electron chi connectivity index (χ2n) is 5.70. The predicted octanol–water partition coefficient (Wildman–Crippen LogP) is 2.70. The highest BCUT2D eigenvalue weighted by molar-refractivity contribution is 5.91. The fourth-order valence-corrected chi connectivity index (χ4v) is 2.74. The molecule has 8 heteroatoms. The molecule has 0 aliphatic heterocycles. The topological polar surface area (TPSA) is 84.7 Å². The number of esters is 1. The molecule has 27 heavy (non-hydrogen) atoms. The molecule has 0 saturated carbocycles. The highest BCUT2D eigenvalue weighted by Gasteiger charge is 2.17. The maximum Gasteiger partial charge on any atom is 0.338 e. The number of aryl methyl sites for hydroxylation is 1. The van der Waals surface area contributed by atoms with Crippen LogP contribution in [0.3, 0.4) is 0 Å². The van der Waals surface area contributed by atoms with E-state index in [1.165, 1.54) is 21.3 Å². The summed E-state index contributed by atoms with van der Waals surface area (Å²) in [5.74, 6) is 0.767. The predicted molar refractivity (Wildman–Crippen MR) is 98.5 cm³/mol. The zero-order valence-corrected chi connectivity index (χ0v) is 15.5. The van der Waals surface area contributed by atoms with Gasteiger partial charge in [0.1, 0.15) is 5.52 Å². The Morgan fingerprint density at radius 2 is 1.74 bits per heavy atom. The first-order valence-corrected chi connectivity index (χ1v) is 8.43. The summed E-state index contributed by atoms with van der Waals surface area (Å²) in [6.07, 6.45) is 0.615. The van der Waals surface area contributed by atoms with Crippen molar-refractivity contribution in [3.63, 3.8) is 0 Å². The average Bonchev–Trinajstić information content (AvgIpc) is 3.12. The van der Waals surface area contributed by atoms with Gasteiger partial charge in [0.25, 0.3) is 0 Å². The minimum absolute atomic E-state index is 0.254. The molecule has 0 atom stereocenters. The third kappa shape index (κ3) is 3.94. The van der Waals surface area contributed by atoms with Crippen LogP contribution in [-0.4, -0.2) is 48.9 Å². The molecule has 1 heterocycles. The van der Waals surface area contributed by atoms with Gasteiger partial charge in [0, 0.05) is 13.0 Å². The Morgan fingerprint density at radius 3 is 2.41 bits per heavy atom. The van der Waals surface area contributed by atoms with E-state index in [2.05, 4.69) is 10.3 Å². The van der Waals surface area contributed by atoms with Crippen LogP contribution in [0.2, 0.25) is 0 Å². The number of para-hydroxylation sites is 1. The van der Waals surface area contributed by atoms with Crippen LogP contribution in [0.15, 0.2) is 36.4 Å². The lowest BCUT2D eigenvalue weighted by Crippen LogP contribution is -2.10. The summed E-state index contributed by atoms with van der Waals surface area (Å²) in [5.41, 5.74) is 2.12. The van der Waals surface area contributed by atoms with Gasteiger partial charge in [-0.15, -0.1) is 5.10 Å². The fourth-order valence-electron chi connectivity index (χ4n) is 2.74. The molecule has 0 spiro atoms. The van der Waals surface area contributed by atoms with Crippen LogP contribution in [0.5, 0.6) is 17.2 Å². The summed E-state index contributed by atoms with van der Waals surface area (Å²) in [5, 5.41) is 8.21. The van der Waals surface area contributed by atoms with Crippen molar-refractivity contribution >= 4 is 17.0 Å². The van der Waals surface area contributed by atoms with Gasteiger partial charge in [0.15, 0.2) is 11.5 Å². The van der Waals surface area contributed by atoms with Crippen LogP contribution in [-0.2, 0) is 11.3 Å². The van der Waals surface area contributed by atoms with Gasteiger partial charge in [-0.05, 0) is 24.3 Å². The first kappa shape index (κ1) is 18.5. The first-order valence-electron chi connectivity index (χ1n) is 8.43. The van der Waals surface area contributed by atoms with Gasteiger partial charge in [-0.25, -0.2) is 9.48 Å². The summed E-state index contributed by atoms with van der Waals surface area (Å²) in [6.45, 7) is 0.854. The lowest BCUT2D eigenvalue weighted by molar-refractivity contribution is 0.0494. The van der Waals surface area contributed by atoms with Crippen molar-refractivity contribution in [2.45, 2.75) is 13.0 Å². The molecule has 0 N–H and O–H groups in total. The van der Waals surface area contributed by atoms with Gasteiger partial charge in [0.05, 0.1) is 39.0 Å². The second-order valence-corrected chi connectivity index (χ2v) is 5.70. The third-order valence-electron chi connectivity index (χ3n) is 4.07. The molecule has 2 aromatic carbocycles. The van der Waals surface area contributed by atoms with Gasteiger partial charge < -0.3 is 18.9 Å². The number of carbonyl (C=O) groups excluding carboxylic acids is 1. The molecule has 0 fully saturated rings. The van der Waals surface area contributed by atoms with Crippen LogP contribution >= 0.6 is 0 Å². The Hall–Kier alpha value is -3.29. The number of hydrogen-bond donors (Lipinski definition) is 0. The largest absolute Gasteiger partial charge is 0.493 e. The summed E-state index contributed by atoms with van der Waals surface area (Å²) >= 11 is 0. The summed E-state index contributed by atoms with van der Waals surface area (Å²) < 4.78 is 22.9. The molecule has 142 valence electrons. The molecule has 0 radical (unpaired) electrons. The molecule has 0 bridgehead atoms. The lowest BCUT2D eigenvalue weighted by atomic mass is 10.2. The van der Waals surface area contributed by atoms with E-state index in [1.807, 2.05) is 24.3 Å². The van der Waals surface area contributed by atoms with Crippen molar-refractivity contribution in [1.82, 2.24) is 15.0 Å². The summed E-state index contributed by atoms with van der Waals surface area (Å²) in [7, 11) is 4.50. The van der Waals surface area contributed by atoms with Crippen LogP contribution in [0.1, 0.15) is 16.8 Å². The standard InChI is InChI=1S/C19H21N3O5/c1-24-16-11-13(12-17(25-2)18(16)26-3)19(23)27-10-6-9-22-15-8-5-4-7-14(15)20-21-22/h4-5,7-8,11-12H,6,9-10H2,1-3H3. The summed E-state index contributed by atoms with van der Waals surface area (Å²) in [6, 6.07) is 10.8. The van der Waals surface area contributed by atoms with E-state index in [9.17, 15) is 4.79 Å². The molecule has 0 aliphatic carbocycles. The molecule has 0 amide bonds. The number of aromatic nitrogens is 3. The number of ether oxygens (including phenoxy) is 4. The van der Waals surface area contributed by atoms with Gasteiger partial charge in [-0.2, -0.15) is 0 Å². The van der Waals surface area contributed by atoms with E-state index in [4.69, 9.17) is 18.9 Å². The molecule has 1 aromatic heterocycles. The molecular weight excluding hydrogens is 350 g/mol. The smallest absolute Gasteiger partial charge is 0.338 e. The van der Waals surface area contributed by atoms with E-state index in [0.717, 1.165) is 11.0 Å². The number of hydrogen-bond acceptors (Lipinski definition) is 7. The van der Waals surface area contributed by atoms with Crippen LogP contribution in [0.4, 0.5) is 0 Å². The van der Waals surface area contributed by atoms with Crippen molar-refractivity contribution in [2.75, 3.05) is 27.9 Å². The Morgan fingerprint density at radius 1 is 1.04 bits per heavy atom. The Balaban J connectivity index is 1.61. The minimum Gasteiger partial charge on any atom is -0.493 e. The van der Waals surface area contributed by atoms with Crippen LogP contribution in [0.25, 0.3) is 11.0 Å². The zero-order chi connectivity index (χ0) is 19.2. The quantitative estimate of drug-likeness (QED) is 0.444. The van der Waals surface area contributed by atoms with Crippen LogP contribution in [0, 0.1) is 0 Å². The Bertz CT molecular complexity index is 913. The highest BCUT2D eigenvalue weighted by Crippen LogP contribution is 2.38. The van der Waals surface area contributed by atoms with Gasteiger partial charge in [0.2, 0.25) is 5.75 Å². The van der Waals surface area contributed by atoms with E-state index in [0.29, 0.717) is 35.8 Å². The maximum atomic E-state index is 12.3. The van der Waals surface area contributed by atoms with Gasteiger partial charge >= 0.3 is 5.97 Å². The summed E-state index contributed by atoms with van der Waals surface area (Å²) in [4.78, 5) is 12.3. The molecule has 0 saturated heterocycles. The van der Waals surface area contributed by atoms with Crippen molar-refractivity contribution in [3.05, 3.63) is 42.0 Å². The van der Waals surface area contributed by atoms with E-state index in [-0.39, 0.29) is 6.61 Å². The van der Waals surface area contributed by atoms with Crippen molar-refractivity contribution in [3.8, 4) is 17.2 Å². The van der Waals surface area contributed by atoms with Gasteiger partial charge in [-0.3, -0.25) is 0 Å². The SMILES string of the molecule is COc1cc(C(=O)OCCCn2nnc3ccccc32)cc(OC)c1OC. The number of nitrogens with zero attached hydrogens (tertiary/aromatic N) is 3. The van der Waals surface area contributed by atoms with E-state index in [1.54, 1.807) is 16.8 Å². The first-order chi connectivity index (χ1) is 13.2. The molecular formula is C19H21N3O5. The molecule has 0 aliphatic rings. The molecule has 8 nitrogen and oxygen atoms in total. The van der Waals surface area contributed by atoms with Crippen molar-refractivity contribution < 1.29 is 23.7 Å². The normalized spacial score (nSPS) is 10.6. The van der Waals surface area contributed by atoms with Crippen molar-refractivity contribution in [1.29, 1.82) is 0 Å². The monoisotopic (exact) mass is 371 g/mol. The number of fused-ring (bicyclic) bond motifs is 1.